The molecule has 0 fully saturated rings. The molecule has 15 heavy (non-hydrogen) atoms. The minimum atomic E-state index is 0.277. The van der Waals surface area contributed by atoms with Crippen LogP contribution in [-0.4, -0.2) is 0 Å². The monoisotopic (exact) mass is 216 g/mol. The maximum absolute atomic E-state index is 12.2. The second kappa shape index (κ2) is 3.46. The second-order valence-corrected chi connectivity index (χ2v) is 5.17. The van der Waals surface area contributed by atoms with Gasteiger partial charge in [-0.1, -0.05) is 12.1 Å². The first-order chi connectivity index (χ1) is 7.36. The third-order valence-corrected chi connectivity index (χ3v) is 4.33. The third-order valence-electron chi connectivity index (χ3n) is 3.06. The van der Waals surface area contributed by atoms with Crippen molar-refractivity contribution in [3.8, 4) is 0 Å². The molecule has 1 aliphatic rings. The lowest BCUT2D eigenvalue weighted by molar-refractivity contribution is 0.692. The molecule has 1 aromatic heterocycles. The van der Waals surface area contributed by atoms with E-state index in [1.54, 1.807) is 11.3 Å². The summed E-state index contributed by atoms with van der Waals surface area (Å²) in [6.45, 7) is 0. The van der Waals surface area contributed by atoms with Crippen molar-refractivity contribution in [2.24, 2.45) is 0 Å². The van der Waals surface area contributed by atoms with Gasteiger partial charge in [-0.2, -0.15) is 0 Å². The number of rotatable bonds is 0. The molecule has 0 aliphatic heterocycles. The van der Waals surface area contributed by atoms with E-state index < -0.39 is 0 Å². The van der Waals surface area contributed by atoms with Crippen LogP contribution in [0.4, 0.5) is 0 Å². The van der Waals surface area contributed by atoms with Crippen molar-refractivity contribution < 1.29 is 0 Å². The fourth-order valence-corrected chi connectivity index (χ4v) is 3.52. The van der Waals surface area contributed by atoms with Gasteiger partial charge < -0.3 is 0 Å². The van der Waals surface area contributed by atoms with Crippen molar-refractivity contribution in [1.29, 1.82) is 0 Å². The lowest BCUT2D eigenvalue weighted by Gasteiger charge is -2.14. The van der Waals surface area contributed by atoms with Gasteiger partial charge in [0.05, 0.1) is 0 Å². The van der Waals surface area contributed by atoms with E-state index in [1.807, 2.05) is 18.2 Å². The average molecular weight is 216 g/mol. The minimum absolute atomic E-state index is 0.277. The van der Waals surface area contributed by atoms with Crippen molar-refractivity contribution in [1.82, 2.24) is 0 Å². The summed E-state index contributed by atoms with van der Waals surface area (Å²) < 4.78 is 1.14. The van der Waals surface area contributed by atoms with Gasteiger partial charge in [-0.25, -0.2) is 0 Å². The number of hydrogen-bond donors (Lipinski definition) is 0. The largest absolute Gasteiger partial charge is 0.289 e. The molecule has 2 heteroatoms. The van der Waals surface area contributed by atoms with Crippen LogP contribution in [0.25, 0.3) is 10.1 Å². The zero-order valence-corrected chi connectivity index (χ0v) is 9.27. The Bertz CT molecular complexity index is 568. The molecule has 3 rings (SSSR count). The zero-order valence-electron chi connectivity index (χ0n) is 8.45. The first-order valence-corrected chi connectivity index (χ1v) is 6.21. The zero-order chi connectivity index (χ0) is 10.3. The van der Waals surface area contributed by atoms with Crippen LogP contribution < -0.4 is 5.43 Å². The van der Waals surface area contributed by atoms with E-state index in [2.05, 4.69) is 6.07 Å². The van der Waals surface area contributed by atoms with Crippen LogP contribution in [0.3, 0.4) is 0 Å². The van der Waals surface area contributed by atoms with Crippen LogP contribution in [0.2, 0.25) is 0 Å². The van der Waals surface area contributed by atoms with Crippen LogP contribution >= 0.6 is 11.3 Å². The van der Waals surface area contributed by atoms with Gasteiger partial charge in [0.2, 0.25) is 0 Å². The summed E-state index contributed by atoms with van der Waals surface area (Å²) in [6.07, 6.45) is 4.49. The lowest BCUT2D eigenvalue weighted by atomic mass is 9.98. The molecule has 1 aromatic carbocycles. The summed E-state index contributed by atoms with van der Waals surface area (Å²) in [7, 11) is 0. The Labute approximate surface area is 92.4 Å². The summed E-state index contributed by atoms with van der Waals surface area (Å²) in [4.78, 5) is 13.5. The van der Waals surface area contributed by atoms with Crippen molar-refractivity contribution in [2.75, 3.05) is 0 Å². The quantitative estimate of drug-likeness (QED) is 0.661. The molecular weight excluding hydrogens is 204 g/mol. The minimum Gasteiger partial charge on any atom is -0.289 e. The van der Waals surface area contributed by atoms with Crippen LogP contribution in [0.15, 0.2) is 29.1 Å². The molecule has 0 radical (unpaired) electrons. The van der Waals surface area contributed by atoms with Gasteiger partial charge in [0.25, 0.3) is 0 Å². The molecule has 0 saturated carbocycles. The Morgan fingerprint density at radius 3 is 2.80 bits per heavy atom. The maximum atomic E-state index is 12.2. The van der Waals surface area contributed by atoms with Crippen molar-refractivity contribution >= 4 is 21.4 Å². The van der Waals surface area contributed by atoms with Gasteiger partial charge in [0.1, 0.15) is 0 Å². The summed E-state index contributed by atoms with van der Waals surface area (Å²) in [5, 5.41) is 0.906. The van der Waals surface area contributed by atoms with E-state index in [-0.39, 0.29) is 5.43 Å². The fourth-order valence-electron chi connectivity index (χ4n) is 2.27. The standard InChI is InChI=1S/C13H12OS/c14-13-9-5-1-3-7-11(9)15-12-8-4-2-6-10(12)13/h1,3,5,7H,2,4,6,8H2. The van der Waals surface area contributed by atoms with Crippen molar-refractivity contribution in [3.63, 3.8) is 0 Å². The Morgan fingerprint density at radius 2 is 1.87 bits per heavy atom. The van der Waals surface area contributed by atoms with Crippen LogP contribution in [-0.2, 0) is 12.8 Å². The molecule has 0 N–H and O–H groups in total. The number of benzene rings is 1. The Balaban J connectivity index is 2.41. The molecule has 0 saturated heterocycles. The van der Waals surface area contributed by atoms with Crippen molar-refractivity contribution in [3.05, 3.63) is 44.9 Å². The van der Waals surface area contributed by atoms with Crippen LogP contribution in [0.5, 0.6) is 0 Å². The van der Waals surface area contributed by atoms with E-state index in [1.165, 1.54) is 17.7 Å². The second-order valence-electron chi connectivity index (χ2n) is 4.04. The van der Waals surface area contributed by atoms with E-state index in [4.69, 9.17) is 0 Å². The molecule has 0 bridgehead atoms. The highest BCUT2D eigenvalue weighted by molar-refractivity contribution is 7.18. The van der Waals surface area contributed by atoms with Gasteiger partial charge in [0, 0.05) is 20.5 Å². The van der Waals surface area contributed by atoms with Gasteiger partial charge in [-0.15, -0.1) is 11.3 Å². The number of fused-ring (bicyclic) bond motifs is 2. The first kappa shape index (κ1) is 9.10. The molecule has 0 amide bonds. The highest BCUT2D eigenvalue weighted by Crippen LogP contribution is 2.27. The van der Waals surface area contributed by atoms with Crippen LogP contribution in [0.1, 0.15) is 23.3 Å². The van der Waals surface area contributed by atoms with Gasteiger partial charge >= 0.3 is 0 Å². The van der Waals surface area contributed by atoms with Gasteiger partial charge in [-0.05, 0) is 37.8 Å². The summed E-state index contributed by atoms with van der Waals surface area (Å²) in [6, 6.07) is 7.96. The maximum Gasteiger partial charge on any atom is 0.191 e. The molecule has 0 atom stereocenters. The molecule has 2 aromatic rings. The average Bonchev–Trinajstić information content (AvgIpc) is 2.30. The Kier molecular flexibility index (Phi) is 2.10. The SMILES string of the molecule is O=c1c2c(sc3ccccc13)CCCC2. The number of hydrogen-bond acceptors (Lipinski definition) is 2. The van der Waals surface area contributed by atoms with E-state index in [9.17, 15) is 4.79 Å². The highest BCUT2D eigenvalue weighted by atomic mass is 32.1. The highest BCUT2D eigenvalue weighted by Gasteiger charge is 2.15. The fraction of sp³-hybridized carbons (Fsp3) is 0.308. The van der Waals surface area contributed by atoms with E-state index in [0.29, 0.717) is 0 Å². The third kappa shape index (κ3) is 1.40. The molecule has 76 valence electrons. The van der Waals surface area contributed by atoms with Crippen molar-refractivity contribution in [2.45, 2.75) is 25.7 Å². The molecule has 1 heterocycles. The summed E-state index contributed by atoms with van der Waals surface area (Å²) >= 11 is 1.80. The predicted molar refractivity (Wildman–Crippen MR) is 64.7 cm³/mol. The van der Waals surface area contributed by atoms with Gasteiger partial charge in [0.15, 0.2) is 5.43 Å². The van der Waals surface area contributed by atoms with Gasteiger partial charge in [-0.3, -0.25) is 4.79 Å². The number of aryl methyl sites for hydroxylation is 1. The van der Waals surface area contributed by atoms with E-state index in [0.717, 1.165) is 28.5 Å². The van der Waals surface area contributed by atoms with Crippen LogP contribution in [0, 0.1) is 0 Å². The first-order valence-electron chi connectivity index (χ1n) is 5.40. The topological polar surface area (TPSA) is 17.1 Å². The molecule has 0 unspecified atom stereocenters. The smallest absolute Gasteiger partial charge is 0.191 e. The Morgan fingerprint density at radius 1 is 1.07 bits per heavy atom. The molecule has 1 nitrogen and oxygen atoms in total. The summed E-state index contributed by atoms with van der Waals surface area (Å²) in [5.41, 5.74) is 1.36. The predicted octanol–water partition coefficient (Wildman–Crippen LogP) is 3.14. The molecule has 0 spiro atoms. The molecular formula is C13H12OS. The summed E-state index contributed by atoms with van der Waals surface area (Å²) in [5.74, 6) is 0. The molecule has 1 aliphatic carbocycles. The normalized spacial score (nSPS) is 15.2. The Hall–Kier alpha value is -1.15. The van der Waals surface area contributed by atoms with E-state index >= 15 is 0 Å². The lowest BCUT2D eigenvalue weighted by Crippen LogP contribution is -2.14.